The highest BCUT2D eigenvalue weighted by Gasteiger charge is 2.36. The largest absolute Gasteiger partial charge is 0.508 e. The van der Waals surface area contributed by atoms with Crippen LogP contribution in [0.25, 0.3) is 0 Å². The van der Waals surface area contributed by atoms with E-state index < -0.39 is 6.04 Å². The van der Waals surface area contributed by atoms with Crippen LogP contribution in [0.4, 0.5) is 5.95 Å². The van der Waals surface area contributed by atoms with Crippen molar-refractivity contribution in [3.05, 3.63) is 41.1 Å². The van der Waals surface area contributed by atoms with Crippen LogP contribution in [0, 0.1) is 0 Å². The fourth-order valence-electron chi connectivity index (χ4n) is 3.68. The Labute approximate surface area is 150 Å². The molecule has 1 fully saturated rings. The van der Waals surface area contributed by atoms with Crippen molar-refractivity contribution in [2.45, 2.75) is 51.2 Å². The number of ether oxygens (including phenoxy) is 1. The highest BCUT2D eigenvalue weighted by Crippen LogP contribution is 2.36. The quantitative estimate of drug-likeness (QED) is 0.816. The SMILES string of the molecule is CC1=C(C(=O)OC2CCCCC2)[C@H](c2cccc(O)c2)n2nnnc2N1. The van der Waals surface area contributed by atoms with Crippen molar-refractivity contribution in [3.8, 4) is 5.75 Å². The second-order valence-electron chi connectivity index (χ2n) is 6.77. The molecule has 136 valence electrons. The second-order valence-corrected chi connectivity index (χ2v) is 6.77. The van der Waals surface area contributed by atoms with Gasteiger partial charge in [0.1, 0.15) is 17.9 Å². The third kappa shape index (κ3) is 3.02. The van der Waals surface area contributed by atoms with Crippen LogP contribution in [-0.2, 0) is 9.53 Å². The number of nitrogens with one attached hydrogen (secondary N) is 1. The monoisotopic (exact) mass is 355 g/mol. The zero-order valence-corrected chi connectivity index (χ0v) is 14.6. The van der Waals surface area contributed by atoms with Gasteiger partial charge in [-0.05, 0) is 60.7 Å². The summed E-state index contributed by atoms with van der Waals surface area (Å²) in [5.74, 6) is 0.203. The number of allylic oxidation sites excluding steroid dienone is 1. The lowest BCUT2D eigenvalue weighted by Crippen LogP contribution is -2.32. The predicted molar refractivity (Wildman–Crippen MR) is 93.4 cm³/mol. The third-order valence-corrected chi connectivity index (χ3v) is 4.95. The molecule has 1 aliphatic carbocycles. The van der Waals surface area contributed by atoms with E-state index in [9.17, 15) is 9.90 Å². The van der Waals surface area contributed by atoms with E-state index in [0.717, 1.165) is 31.2 Å². The van der Waals surface area contributed by atoms with Crippen molar-refractivity contribution >= 4 is 11.9 Å². The van der Waals surface area contributed by atoms with Crippen LogP contribution in [0.3, 0.4) is 0 Å². The van der Waals surface area contributed by atoms with Crippen LogP contribution in [0.1, 0.15) is 50.6 Å². The highest BCUT2D eigenvalue weighted by atomic mass is 16.5. The Balaban J connectivity index is 1.71. The van der Waals surface area contributed by atoms with Crippen molar-refractivity contribution in [1.82, 2.24) is 20.2 Å². The van der Waals surface area contributed by atoms with Gasteiger partial charge in [0.2, 0.25) is 5.95 Å². The molecule has 26 heavy (non-hydrogen) atoms. The van der Waals surface area contributed by atoms with Gasteiger partial charge >= 0.3 is 5.97 Å². The molecular formula is C18H21N5O3. The topological polar surface area (TPSA) is 102 Å². The zero-order valence-electron chi connectivity index (χ0n) is 14.6. The first kappa shape index (κ1) is 16.6. The number of benzene rings is 1. The van der Waals surface area contributed by atoms with Gasteiger partial charge in [0.05, 0.1) is 5.57 Å². The Morgan fingerprint density at radius 3 is 2.88 bits per heavy atom. The number of rotatable bonds is 3. The standard InChI is InChI=1S/C18H21N5O3/c1-11-15(17(25)26-14-8-3-2-4-9-14)16(12-6-5-7-13(24)10-12)23-18(19-11)20-21-22-23/h5-7,10,14,16,24H,2-4,8-9H2,1H3,(H,19,20,22)/t16-/m0/s1. The third-order valence-electron chi connectivity index (χ3n) is 4.95. The summed E-state index contributed by atoms with van der Waals surface area (Å²) in [4.78, 5) is 13.0. The first-order valence-electron chi connectivity index (χ1n) is 8.89. The molecule has 2 aromatic rings. The lowest BCUT2D eigenvalue weighted by Gasteiger charge is -2.29. The number of fused-ring (bicyclic) bond motifs is 1. The molecule has 8 nitrogen and oxygen atoms in total. The molecule has 2 heterocycles. The minimum absolute atomic E-state index is 0.0448. The van der Waals surface area contributed by atoms with Crippen LogP contribution in [0.15, 0.2) is 35.5 Å². The first-order valence-corrected chi connectivity index (χ1v) is 8.89. The lowest BCUT2D eigenvalue weighted by atomic mass is 9.94. The van der Waals surface area contributed by atoms with Crippen LogP contribution in [0.2, 0.25) is 0 Å². The molecule has 0 bridgehead atoms. The van der Waals surface area contributed by atoms with Crippen LogP contribution < -0.4 is 5.32 Å². The predicted octanol–water partition coefficient (Wildman–Crippen LogP) is 2.54. The molecule has 8 heteroatoms. The van der Waals surface area contributed by atoms with Crippen molar-refractivity contribution in [1.29, 1.82) is 0 Å². The van der Waals surface area contributed by atoms with E-state index in [-0.39, 0.29) is 17.8 Å². The molecule has 1 saturated carbocycles. The minimum atomic E-state index is -0.551. The Hall–Kier alpha value is -2.90. The van der Waals surface area contributed by atoms with Gasteiger partial charge in [0.25, 0.3) is 0 Å². The number of esters is 1. The fraction of sp³-hybridized carbons (Fsp3) is 0.444. The van der Waals surface area contributed by atoms with E-state index in [4.69, 9.17) is 4.74 Å². The summed E-state index contributed by atoms with van der Waals surface area (Å²) < 4.78 is 7.33. The number of anilines is 1. The molecule has 1 aromatic carbocycles. The number of aromatic hydroxyl groups is 1. The average Bonchev–Trinajstić information content (AvgIpc) is 3.09. The molecule has 2 N–H and O–H groups in total. The summed E-state index contributed by atoms with van der Waals surface area (Å²) in [5.41, 5.74) is 1.83. The number of carbonyl (C=O) groups excluding carboxylic acids is 1. The number of hydrogen-bond donors (Lipinski definition) is 2. The minimum Gasteiger partial charge on any atom is -0.508 e. The molecule has 0 amide bonds. The van der Waals surface area contributed by atoms with Crippen molar-refractivity contribution < 1.29 is 14.6 Å². The Bertz CT molecular complexity index is 854. The Morgan fingerprint density at radius 2 is 2.12 bits per heavy atom. The molecule has 1 aromatic heterocycles. The molecule has 1 atom stereocenters. The Kier molecular flexibility index (Phi) is 4.32. The smallest absolute Gasteiger partial charge is 0.338 e. The number of tetrazole rings is 1. The molecule has 2 aliphatic rings. The molecule has 0 spiro atoms. The molecule has 4 rings (SSSR count). The van der Waals surface area contributed by atoms with Crippen molar-refractivity contribution in [2.24, 2.45) is 0 Å². The normalized spacial score (nSPS) is 20.4. The van der Waals surface area contributed by atoms with E-state index in [1.54, 1.807) is 22.9 Å². The summed E-state index contributed by atoms with van der Waals surface area (Å²) in [7, 11) is 0. The van der Waals surface area contributed by atoms with E-state index in [0.29, 0.717) is 17.2 Å². The van der Waals surface area contributed by atoms with Gasteiger partial charge < -0.3 is 15.2 Å². The van der Waals surface area contributed by atoms with Crippen LogP contribution >= 0.6 is 0 Å². The van der Waals surface area contributed by atoms with Gasteiger partial charge in [0, 0.05) is 5.70 Å². The Morgan fingerprint density at radius 1 is 1.31 bits per heavy atom. The molecule has 0 radical (unpaired) electrons. The summed E-state index contributed by atoms with van der Waals surface area (Å²) >= 11 is 0. The number of phenols is 1. The number of hydrogen-bond acceptors (Lipinski definition) is 7. The van der Waals surface area contributed by atoms with E-state index in [1.165, 1.54) is 6.42 Å². The fourth-order valence-corrected chi connectivity index (χ4v) is 3.68. The first-order chi connectivity index (χ1) is 12.6. The maximum absolute atomic E-state index is 13.0. The maximum Gasteiger partial charge on any atom is 0.338 e. The van der Waals surface area contributed by atoms with E-state index >= 15 is 0 Å². The van der Waals surface area contributed by atoms with Gasteiger partial charge in [0.15, 0.2) is 0 Å². The van der Waals surface area contributed by atoms with E-state index in [2.05, 4.69) is 20.8 Å². The van der Waals surface area contributed by atoms with Gasteiger partial charge in [-0.25, -0.2) is 4.79 Å². The van der Waals surface area contributed by atoms with Gasteiger partial charge in [-0.15, -0.1) is 0 Å². The van der Waals surface area contributed by atoms with Crippen LogP contribution in [-0.4, -0.2) is 37.4 Å². The molecule has 1 aliphatic heterocycles. The summed E-state index contributed by atoms with van der Waals surface area (Å²) in [6.07, 6.45) is 5.12. The van der Waals surface area contributed by atoms with Gasteiger partial charge in [-0.3, -0.25) is 0 Å². The molecular weight excluding hydrogens is 334 g/mol. The summed E-state index contributed by atoms with van der Waals surface area (Å²) in [5, 5.41) is 24.6. The number of aromatic nitrogens is 4. The number of phenolic OH excluding ortho intramolecular Hbond substituents is 1. The van der Waals surface area contributed by atoms with Gasteiger partial charge in [-0.1, -0.05) is 23.7 Å². The van der Waals surface area contributed by atoms with E-state index in [1.807, 2.05) is 13.0 Å². The number of carbonyl (C=O) groups is 1. The maximum atomic E-state index is 13.0. The zero-order chi connectivity index (χ0) is 18.1. The van der Waals surface area contributed by atoms with Crippen molar-refractivity contribution in [3.63, 3.8) is 0 Å². The lowest BCUT2D eigenvalue weighted by molar-refractivity contribution is -0.146. The van der Waals surface area contributed by atoms with Crippen molar-refractivity contribution in [2.75, 3.05) is 5.32 Å². The highest BCUT2D eigenvalue weighted by molar-refractivity contribution is 5.92. The van der Waals surface area contributed by atoms with Gasteiger partial charge in [-0.2, -0.15) is 4.68 Å². The second kappa shape index (κ2) is 6.78. The summed E-state index contributed by atoms with van der Waals surface area (Å²) in [6, 6.07) is 6.22. The molecule has 0 unspecified atom stereocenters. The average molecular weight is 355 g/mol. The molecule has 0 saturated heterocycles. The number of nitrogens with zero attached hydrogens (tertiary/aromatic N) is 4. The van der Waals surface area contributed by atoms with Crippen LogP contribution in [0.5, 0.6) is 5.75 Å². The summed E-state index contributed by atoms with van der Waals surface area (Å²) in [6.45, 7) is 1.81.